The van der Waals surface area contributed by atoms with Gasteiger partial charge in [0.25, 0.3) is 0 Å². The van der Waals surface area contributed by atoms with E-state index in [2.05, 4.69) is 60.7 Å². The Balaban J connectivity index is 2.77. The fourth-order valence-corrected chi connectivity index (χ4v) is 1.63. The predicted octanol–water partition coefficient (Wildman–Crippen LogP) is 3.34. The molecule has 0 aliphatic rings. The summed E-state index contributed by atoms with van der Waals surface area (Å²) in [5.41, 5.74) is 7.34. The first kappa shape index (κ1) is 11.0. The number of rotatable bonds is 3. The van der Waals surface area contributed by atoms with E-state index in [0.29, 0.717) is 5.92 Å². The quantitative estimate of drug-likeness (QED) is 0.849. The highest BCUT2D eigenvalue weighted by atomic mass is 127. The summed E-state index contributed by atoms with van der Waals surface area (Å²) in [7, 11) is 0. The normalized spacial score (nSPS) is 15.4. The van der Waals surface area contributed by atoms with Crippen LogP contribution in [0.2, 0.25) is 0 Å². The Kier molecular flexibility index (Phi) is 4.19. The van der Waals surface area contributed by atoms with E-state index in [4.69, 9.17) is 5.73 Å². The average Bonchev–Trinajstić information content (AvgIpc) is 2.17. The maximum Gasteiger partial charge on any atom is 0.0320 e. The van der Waals surface area contributed by atoms with Crippen molar-refractivity contribution in [1.82, 2.24) is 0 Å². The van der Waals surface area contributed by atoms with Gasteiger partial charge in [-0.1, -0.05) is 32.4 Å². The summed E-state index contributed by atoms with van der Waals surface area (Å²) in [6, 6.07) is 8.65. The van der Waals surface area contributed by atoms with Crippen LogP contribution in [0.5, 0.6) is 0 Å². The molecule has 0 heterocycles. The molecule has 0 aromatic heterocycles. The van der Waals surface area contributed by atoms with Gasteiger partial charge in [0, 0.05) is 9.61 Å². The van der Waals surface area contributed by atoms with Gasteiger partial charge >= 0.3 is 0 Å². The lowest BCUT2D eigenvalue weighted by atomic mass is 9.93. The Morgan fingerprint density at radius 1 is 1.31 bits per heavy atom. The fourth-order valence-electron chi connectivity index (χ4n) is 1.27. The van der Waals surface area contributed by atoms with E-state index in [-0.39, 0.29) is 6.04 Å². The Bertz CT molecular complexity index is 255. The van der Waals surface area contributed by atoms with Gasteiger partial charge < -0.3 is 5.73 Å². The SMILES string of the molecule is CCC(C)[C@@H](N)c1ccc(I)cc1. The standard InChI is InChI=1S/C11H16IN/c1-3-8(2)11(13)9-4-6-10(12)7-5-9/h4-8,11H,3,13H2,1-2H3/t8?,11-/m1/s1. The molecule has 0 aliphatic heterocycles. The maximum atomic E-state index is 6.10. The zero-order valence-corrected chi connectivity index (χ0v) is 10.3. The van der Waals surface area contributed by atoms with Gasteiger partial charge in [0.1, 0.15) is 0 Å². The summed E-state index contributed by atoms with van der Waals surface area (Å²) in [5.74, 6) is 0.556. The molecule has 1 unspecified atom stereocenters. The lowest BCUT2D eigenvalue weighted by Gasteiger charge is -2.18. The molecular weight excluding hydrogens is 273 g/mol. The molecule has 0 saturated carbocycles. The first-order valence-corrected chi connectivity index (χ1v) is 5.74. The first-order chi connectivity index (χ1) is 6.15. The monoisotopic (exact) mass is 289 g/mol. The molecule has 1 aromatic carbocycles. The third-order valence-corrected chi connectivity index (χ3v) is 3.23. The van der Waals surface area contributed by atoms with Crippen LogP contribution in [0.3, 0.4) is 0 Å². The van der Waals surface area contributed by atoms with E-state index < -0.39 is 0 Å². The average molecular weight is 289 g/mol. The van der Waals surface area contributed by atoms with Crippen molar-refractivity contribution < 1.29 is 0 Å². The smallest absolute Gasteiger partial charge is 0.0320 e. The van der Waals surface area contributed by atoms with Crippen molar-refractivity contribution >= 4 is 22.6 Å². The van der Waals surface area contributed by atoms with Gasteiger partial charge in [0.15, 0.2) is 0 Å². The Labute approximate surface area is 93.9 Å². The zero-order valence-electron chi connectivity index (χ0n) is 8.13. The van der Waals surface area contributed by atoms with Crippen LogP contribution in [0.15, 0.2) is 24.3 Å². The van der Waals surface area contributed by atoms with Crippen molar-refractivity contribution in [1.29, 1.82) is 0 Å². The molecule has 2 N–H and O–H groups in total. The summed E-state index contributed by atoms with van der Waals surface area (Å²) in [5, 5.41) is 0. The zero-order chi connectivity index (χ0) is 9.84. The van der Waals surface area contributed by atoms with Crippen molar-refractivity contribution in [3.05, 3.63) is 33.4 Å². The fraction of sp³-hybridized carbons (Fsp3) is 0.455. The van der Waals surface area contributed by atoms with Gasteiger partial charge in [-0.25, -0.2) is 0 Å². The number of halogens is 1. The van der Waals surface area contributed by atoms with Crippen molar-refractivity contribution in [3.8, 4) is 0 Å². The molecule has 72 valence electrons. The Morgan fingerprint density at radius 2 is 1.85 bits per heavy atom. The number of hydrogen-bond acceptors (Lipinski definition) is 1. The van der Waals surface area contributed by atoms with Crippen molar-refractivity contribution in [2.24, 2.45) is 11.7 Å². The van der Waals surface area contributed by atoms with Crippen molar-refractivity contribution in [2.45, 2.75) is 26.3 Å². The van der Waals surface area contributed by atoms with E-state index in [1.165, 1.54) is 9.13 Å². The second kappa shape index (κ2) is 4.96. The molecular formula is C11H16IN. The number of hydrogen-bond donors (Lipinski definition) is 1. The highest BCUT2D eigenvalue weighted by molar-refractivity contribution is 14.1. The summed E-state index contributed by atoms with van der Waals surface area (Å²) in [6.45, 7) is 4.37. The van der Waals surface area contributed by atoms with E-state index in [1.54, 1.807) is 0 Å². The van der Waals surface area contributed by atoms with E-state index in [0.717, 1.165) is 6.42 Å². The van der Waals surface area contributed by atoms with E-state index in [1.807, 2.05) is 0 Å². The molecule has 1 nitrogen and oxygen atoms in total. The van der Waals surface area contributed by atoms with Crippen LogP contribution >= 0.6 is 22.6 Å². The van der Waals surface area contributed by atoms with Crippen LogP contribution in [0.4, 0.5) is 0 Å². The molecule has 1 aromatic rings. The summed E-state index contributed by atoms with van der Waals surface area (Å²) in [6.07, 6.45) is 1.13. The summed E-state index contributed by atoms with van der Waals surface area (Å²) in [4.78, 5) is 0. The molecule has 0 amide bonds. The van der Waals surface area contributed by atoms with E-state index in [9.17, 15) is 0 Å². The summed E-state index contributed by atoms with van der Waals surface area (Å²) >= 11 is 2.31. The van der Waals surface area contributed by atoms with Crippen LogP contribution in [0.1, 0.15) is 31.9 Å². The van der Waals surface area contributed by atoms with Crippen molar-refractivity contribution in [2.75, 3.05) is 0 Å². The number of nitrogens with two attached hydrogens (primary N) is 1. The van der Waals surface area contributed by atoms with Gasteiger partial charge in [-0.15, -0.1) is 0 Å². The van der Waals surface area contributed by atoms with Crippen LogP contribution in [0, 0.1) is 9.49 Å². The highest BCUT2D eigenvalue weighted by Gasteiger charge is 2.12. The van der Waals surface area contributed by atoms with Crippen LogP contribution in [0.25, 0.3) is 0 Å². The van der Waals surface area contributed by atoms with Gasteiger partial charge in [-0.2, -0.15) is 0 Å². The highest BCUT2D eigenvalue weighted by Crippen LogP contribution is 2.22. The topological polar surface area (TPSA) is 26.0 Å². The van der Waals surface area contributed by atoms with E-state index >= 15 is 0 Å². The molecule has 0 radical (unpaired) electrons. The molecule has 2 atom stereocenters. The lowest BCUT2D eigenvalue weighted by molar-refractivity contribution is 0.457. The van der Waals surface area contributed by atoms with Crippen molar-refractivity contribution in [3.63, 3.8) is 0 Å². The third-order valence-electron chi connectivity index (χ3n) is 2.51. The first-order valence-electron chi connectivity index (χ1n) is 4.66. The molecule has 1 rings (SSSR count). The second-order valence-corrected chi connectivity index (χ2v) is 4.71. The number of benzene rings is 1. The third kappa shape index (κ3) is 2.95. The Hall–Kier alpha value is -0.0900. The lowest BCUT2D eigenvalue weighted by Crippen LogP contribution is -2.18. The van der Waals surface area contributed by atoms with Gasteiger partial charge in [0.05, 0.1) is 0 Å². The minimum Gasteiger partial charge on any atom is -0.324 e. The molecule has 0 aliphatic carbocycles. The maximum absolute atomic E-state index is 6.10. The predicted molar refractivity (Wildman–Crippen MR) is 65.5 cm³/mol. The van der Waals surface area contributed by atoms with Crippen LogP contribution < -0.4 is 5.73 Å². The molecule has 0 saturated heterocycles. The van der Waals surface area contributed by atoms with Crippen LogP contribution in [-0.2, 0) is 0 Å². The Morgan fingerprint density at radius 3 is 2.31 bits per heavy atom. The molecule has 0 bridgehead atoms. The molecule has 13 heavy (non-hydrogen) atoms. The largest absolute Gasteiger partial charge is 0.324 e. The molecule has 0 fully saturated rings. The van der Waals surface area contributed by atoms with Gasteiger partial charge in [-0.3, -0.25) is 0 Å². The second-order valence-electron chi connectivity index (χ2n) is 3.46. The molecule has 0 spiro atoms. The van der Waals surface area contributed by atoms with Crippen LogP contribution in [-0.4, -0.2) is 0 Å². The van der Waals surface area contributed by atoms with Gasteiger partial charge in [-0.05, 0) is 46.2 Å². The van der Waals surface area contributed by atoms with Gasteiger partial charge in [0.2, 0.25) is 0 Å². The summed E-state index contributed by atoms with van der Waals surface area (Å²) < 4.78 is 1.26. The molecule has 2 heteroatoms. The minimum absolute atomic E-state index is 0.182. The minimum atomic E-state index is 0.182.